The van der Waals surface area contributed by atoms with Gasteiger partial charge in [-0.15, -0.1) is 0 Å². The van der Waals surface area contributed by atoms with Crippen LogP contribution in [0.25, 0.3) is 0 Å². The monoisotopic (exact) mass is 631 g/mol. The van der Waals surface area contributed by atoms with Crippen molar-refractivity contribution in [1.82, 2.24) is 4.57 Å². The highest BCUT2D eigenvalue weighted by molar-refractivity contribution is 7.01. The Morgan fingerprint density at radius 2 is 1.47 bits per heavy atom. The lowest BCUT2D eigenvalue weighted by molar-refractivity contribution is -0.149. The van der Waals surface area contributed by atoms with Crippen molar-refractivity contribution < 1.29 is 28.6 Å². The van der Waals surface area contributed by atoms with E-state index in [2.05, 4.69) is 80.8 Å². The Morgan fingerprint density at radius 1 is 0.911 bits per heavy atom. The van der Waals surface area contributed by atoms with Gasteiger partial charge in [0.25, 0.3) is 0 Å². The van der Waals surface area contributed by atoms with Gasteiger partial charge in [-0.2, -0.15) is 0 Å². The summed E-state index contributed by atoms with van der Waals surface area (Å²) in [6.45, 7) is 17.7. The van der Waals surface area contributed by atoms with Gasteiger partial charge in [0, 0.05) is 29.7 Å². The molecule has 5 rings (SSSR count). The molecule has 2 heterocycles. The first kappa shape index (κ1) is 33.1. The molecule has 0 aromatic heterocycles. The number of fused-ring (bicyclic) bond motifs is 1. The van der Waals surface area contributed by atoms with Crippen molar-refractivity contribution in [3.63, 3.8) is 0 Å². The zero-order valence-corrected chi connectivity index (χ0v) is 29.1. The predicted molar refractivity (Wildman–Crippen MR) is 178 cm³/mol. The number of hydrogen-bond acceptors (Lipinski definition) is 7. The van der Waals surface area contributed by atoms with Crippen LogP contribution in [0.15, 0.2) is 72.0 Å². The number of cyclic esters (lactones) is 2. The molecule has 0 N–H and O–H groups in total. The fourth-order valence-corrected chi connectivity index (χ4v) is 14.8. The molecular formula is C37H49NO6Si. The molecule has 0 radical (unpaired) electrons. The van der Waals surface area contributed by atoms with Crippen LogP contribution < -0.4 is 10.4 Å². The summed E-state index contributed by atoms with van der Waals surface area (Å²) in [5.74, 6) is -0.0970. The third-order valence-electron chi connectivity index (χ3n) is 10.7. The maximum atomic E-state index is 14.2. The maximum Gasteiger partial charge on any atom is 0.509 e. The zero-order chi connectivity index (χ0) is 32.8. The number of carbonyl (C=O) groups is 3. The molecule has 3 atom stereocenters. The number of benzene rings is 2. The molecule has 7 nitrogen and oxygen atoms in total. The number of ether oxygens (including phenoxy) is 3. The highest BCUT2D eigenvalue weighted by atomic mass is 28.3. The molecule has 0 saturated carbocycles. The molecule has 242 valence electrons. The van der Waals surface area contributed by atoms with Gasteiger partial charge in [0.1, 0.15) is 17.5 Å². The highest BCUT2D eigenvalue weighted by Crippen LogP contribution is 2.64. The van der Waals surface area contributed by atoms with Gasteiger partial charge in [0.05, 0.1) is 0 Å². The number of allylic oxidation sites excluding steroid dienone is 2. The fourth-order valence-electron chi connectivity index (χ4n) is 8.39. The molecule has 0 amide bonds. The normalized spacial score (nSPS) is 25.9. The molecule has 0 bridgehead atoms. The largest absolute Gasteiger partial charge is 0.509 e. The molecular weight excluding hydrogens is 582 g/mol. The molecule has 2 saturated heterocycles. The number of carbonyl (C=O) groups excluding carboxylic acids is 3. The van der Waals surface area contributed by atoms with E-state index >= 15 is 0 Å². The fraction of sp³-hybridized carbons (Fsp3) is 0.541. The predicted octanol–water partition coefficient (Wildman–Crippen LogP) is 6.39. The van der Waals surface area contributed by atoms with Crippen LogP contribution in [0.1, 0.15) is 81.1 Å². The summed E-state index contributed by atoms with van der Waals surface area (Å²) in [6, 6.07) is 21.3. The van der Waals surface area contributed by atoms with Crippen LogP contribution in [0, 0.1) is 16.7 Å². The number of esters is 1. The van der Waals surface area contributed by atoms with Crippen molar-refractivity contribution in [2.75, 3.05) is 13.1 Å². The lowest BCUT2D eigenvalue weighted by Crippen LogP contribution is -2.76. The summed E-state index contributed by atoms with van der Waals surface area (Å²) < 4.78 is 20.6. The molecule has 2 aromatic carbocycles. The number of rotatable bonds is 10. The smallest absolute Gasteiger partial charge is 0.430 e. The van der Waals surface area contributed by atoms with Gasteiger partial charge in [-0.05, 0) is 61.1 Å². The second-order valence-corrected chi connectivity index (χ2v) is 18.4. The van der Waals surface area contributed by atoms with Gasteiger partial charge >= 0.3 is 12.1 Å². The molecule has 0 spiro atoms. The number of ketones is 1. The zero-order valence-electron chi connectivity index (χ0n) is 28.1. The van der Waals surface area contributed by atoms with Gasteiger partial charge < -0.3 is 18.8 Å². The number of Topliss-reactive ketones (excluding diaryl/α,β-unsaturated/α-hetero) is 1. The Labute approximate surface area is 269 Å². The van der Waals surface area contributed by atoms with Gasteiger partial charge in [-0.3, -0.25) is 9.59 Å². The Kier molecular flexibility index (Phi) is 8.97. The van der Waals surface area contributed by atoms with E-state index in [4.69, 9.17) is 14.2 Å². The summed E-state index contributed by atoms with van der Waals surface area (Å²) in [5, 5.41) is 2.41. The minimum Gasteiger partial charge on any atom is -0.430 e. The van der Waals surface area contributed by atoms with Gasteiger partial charge in [-0.1, -0.05) is 102 Å². The van der Waals surface area contributed by atoms with E-state index in [0.29, 0.717) is 24.2 Å². The first-order chi connectivity index (χ1) is 21.2. The standard InChI is InChI=1S/C37H49NO6Si/c1-9-38(10-2)45(26-17-13-11-14-18-26,27-19-15-12-16-20-27)29-23-30(39)43-33-31(32(40)25(3)4)35(5,6)21-22-37(29,33)24-28-36(7,8)44-34(41)42-28/h11-20,25,28-29H,9-10,21-24H2,1-8H3/t28-,29+,37-/m0/s1. The van der Waals surface area contributed by atoms with E-state index in [0.717, 1.165) is 19.5 Å². The van der Waals surface area contributed by atoms with Crippen LogP contribution >= 0.6 is 0 Å². The molecule has 2 fully saturated rings. The third-order valence-corrected chi connectivity index (χ3v) is 16.5. The van der Waals surface area contributed by atoms with Gasteiger partial charge in [0.15, 0.2) is 14.0 Å². The Bertz CT molecular complexity index is 1420. The number of hydrogen-bond donors (Lipinski definition) is 0. The van der Waals surface area contributed by atoms with E-state index < -0.39 is 36.9 Å². The third kappa shape index (κ3) is 5.48. The Morgan fingerprint density at radius 3 is 1.93 bits per heavy atom. The molecule has 0 unspecified atom stereocenters. The van der Waals surface area contributed by atoms with Gasteiger partial charge in [0.2, 0.25) is 0 Å². The van der Waals surface area contributed by atoms with Crippen molar-refractivity contribution in [3.05, 3.63) is 72.0 Å². The van der Waals surface area contributed by atoms with Crippen molar-refractivity contribution >= 4 is 36.5 Å². The summed E-state index contributed by atoms with van der Waals surface area (Å²) in [5.41, 5.74) is -1.79. The van der Waals surface area contributed by atoms with Crippen LogP contribution in [0.4, 0.5) is 4.79 Å². The second kappa shape index (κ2) is 12.2. The second-order valence-electron chi connectivity index (χ2n) is 14.4. The van der Waals surface area contributed by atoms with Crippen LogP contribution in [0.2, 0.25) is 5.54 Å². The maximum absolute atomic E-state index is 14.2. The van der Waals surface area contributed by atoms with Crippen LogP contribution in [0.3, 0.4) is 0 Å². The molecule has 2 aromatic rings. The number of nitrogens with zero attached hydrogens (tertiary/aromatic N) is 1. The minimum absolute atomic E-state index is 0.000907. The lowest BCUT2D eigenvalue weighted by Gasteiger charge is -2.59. The van der Waals surface area contributed by atoms with E-state index in [-0.39, 0.29) is 29.6 Å². The Hall–Kier alpha value is -3.23. The molecule has 45 heavy (non-hydrogen) atoms. The highest BCUT2D eigenvalue weighted by Gasteiger charge is 2.66. The van der Waals surface area contributed by atoms with Crippen molar-refractivity contribution in [1.29, 1.82) is 0 Å². The molecule has 1 aliphatic carbocycles. The van der Waals surface area contributed by atoms with Crippen LogP contribution in [0.5, 0.6) is 0 Å². The summed E-state index contributed by atoms with van der Waals surface area (Å²) in [4.78, 5) is 40.9. The van der Waals surface area contributed by atoms with Crippen LogP contribution in [-0.2, 0) is 23.8 Å². The first-order valence-electron chi connectivity index (χ1n) is 16.5. The summed E-state index contributed by atoms with van der Waals surface area (Å²) in [6.07, 6.45) is 0.714. The van der Waals surface area contributed by atoms with E-state index in [1.54, 1.807) is 0 Å². The van der Waals surface area contributed by atoms with Crippen LogP contribution in [-0.4, -0.2) is 55.5 Å². The molecule has 2 aliphatic heterocycles. The van der Waals surface area contributed by atoms with Crippen molar-refractivity contribution in [2.24, 2.45) is 16.7 Å². The Balaban J connectivity index is 1.93. The van der Waals surface area contributed by atoms with E-state index in [1.165, 1.54) is 10.4 Å². The van der Waals surface area contributed by atoms with Crippen molar-refractivity contribution in [3.8, 4) is 0 Å². The summed E-state index contributed by atoms with van der Waals surface area (Å²) >= 11 is 0. The molecule has 3 aliphatic rings. The van der Waals surface area contributed by atoms with E-state index in [9.17, 15) is 14.4 Å². The van der Waals surface area contributed by atoms with Gasteiger partial charge in [-0.25, -0.2) is 4.79 Å². The topological polar surface area (TPSA) is 82.1 Å². The average molecular weight is 632 g/mol. The SMILES string of the molecule is CCN(CC)[Si](c1ccccc1)(c1ccccc1)[C@@H]1CC(=O)OC2=C(C(=O)C(C)C)C(C)(C)CC[C@@]21C[C@@H]1OC(=O)OC1(C)C. The minimum atomic E-state index is -3.07. The van der Waals surface area contributed by atoms with E-state index in [1.807, 2.05) is 39.8 Å². The summed E-state index contributed by atoms with van der Waals surface area (Å²) in [7, 11) is -3.07. The quantitative estimate of drug-likeness (QED) is 0.222. The average Bonchev–Trinajstić information content (AvgIpc) is 3.26. The lowest BCUT2D eigenvalue weighted by atomic mass is 9.58. The van der Waals surface area contributed by atoms with Crippen molar-refractivity contribution in [2.45, 2.75) is 98.3 Å². The molecule has 8 heteroatoms. The first-order valence-corrected chi connectivity index (χ1v) is 18.5.